The number of benzene rings is 2. The highest BCUT2D eigenvalue weighted by atomic mass is 35.5. The predicted octanol–water partition coefficient (Wildman–Crippen LogP) is 3.97. The van der Waals surface area contributed by atoms with Gasteiger partial charge in [-0.3, -0.25) is 4.79 Å². The normalized spacial score (nSPS) is 10.2. The topological polar surface area (TPSA) is 58.6 Å². The van der Waals surface area contributed by atoms with Gasteiger partial charge in [0.15, 0.2) is 0 Å². The lowest BCUT2D eigenvalue weighted by Crippen LogP contribution is -2.09. The van der Waals surface area contributed by atoms with Crippen LogP contribution in [-0.4, -0.2) is 11.0 Å². The molecule has 0 fully saturated rings. The molecule has 110 valence electrons. The molecule has 0 aliphatic heterocycles. The van der Waals surface area contributed by atoms with Crippen molar-refractivity contribution in [2.75, 3.05) is 5.32 Å². The molecule has 0 saturated heterocycles. The summed E-state index contributed by atoms with van der Waals surface area (Å²) in [6.07, 6.45) is 0.410. The quantitative estimate of drug-likeness (QED) is 0.878. The zero-order valence-electron chi connectivity index (χ0n) is 11.6. The molecule has 0 aromatic heterocycles. The number of carbonyl (C=O) groups is 1. The predicted molar refractivity (Wildman–Crippen MR) is 82.8 cm³/mol. The maximum Gasteiger partial charge on any atom is 0.224 e. The Bertz CT molecular complexity index is 626. The zero-order chi connectivity index (χ0) is 15.2. The van der Waals surface area contributed by atoms with Crippen LogP contribution >= 0.6 is 11.6 Å². The summed E-state index contributed by atoms with van der Waals surface area (Å²) in [7, 11) is 0. The number of hydrogen-bond acceptors (Lipinski definition) is 3. The lowest BCUT2D eigenvalue weighted by molar-refractivity contribution is -0.115. The second kappa shape index (κ2) is 7.11. The first-order chi connectivity index (χ1) is 10.1. The van der Waals surface area contributed by atoms with Crippen LogP contribution in [0.25, 0.3) is 0 Å². The minimum absolute atomic E-state index is 0.00708. The molecule has 2 aromatic rings. The van der Waals surface area contributed by atoms with E-state index in [1.54, 1.807) is 49.4 Å². The fourth-order valence-corrected chi connectivity index (χ4v) is 1.92. The molecule has 0 radical (unpaired) electrons. The molecule has 2 N–H and O–H groups in total. The van der Waals surface area contributed by atoms with E-state index in [4.69, 9.17) is 21.4 Å². The summed E-state index contributed by atoms with van der Waals surface area (Å²) in [6, 6.07) is 12.2. The standard InChI is InChI=1S/C16H16ClNO3/c1-2-16(20)18-12-5-8-15(14(17)9-12)21-13-6-3-11(10-19)4-7-13/h3-9,19H,2,10H2,1H3,(H,18,20). The first kappa shape index (κ1) is 15.4. The largest absolute Gasteiger partial charge is 0.456 e. The fraction of sp³-hybridized carbons (Fsp3) is 0.188. The van der Waals surface area contributed by atoms with Crippen LogP contribution in [0.15, 0.2) is 42.5 Å². The number of rotatable bonds is 5. The van der Waals surface area contributed by atoms with E-state index in [0.29, 0.717) is 28.6 Å². The molecule has 2 rings (SSSR count). The Hall–Kier alpha value is -2.04. The molecule has 0 spiro atoms. The number of anilines is 1. The Labute approximate surface area is 128 Å². The van der Waals surface area contributed by atoms with Crippen molar-refractivity contribution in [1.29, 1.82) is 0 Å². The number of hydrogen-bond donors (Lipinski definition) is 2. The molecule has 0 unspecified atom stereocenters. The molecular weight excluding hydrogens is 290 g/mol. The van der Waals surface area contributed by atoms with E-state index in [0.717, 1.165) is 5.56 Å². The van der Waals surface area contributed by atoms with Crippen molar-refractivity contribution in [3.63, 3.8) is 0 Å². The molecule has 0 bridgehead atoms. The van der Waals surface area contributed by atoms with E-state index >= 15 is 0 Å². The number of halogens is 1. The first-order valence-electron chi connectivity index (χ1n) is 6.59. The molecule has 4 nitrogen and oxygen atoms in total. The van der Waals surface area contributed by atoms with Crippen LogP contribution in [0.4, 0.5) is 5.69 Å². The van der Waals surface area contributed by atoms with Crippen molar-refractivity contribution in [3.8, 4) is 11.5 Å². The third-order valence-electron chi connectivity index (χ3n) is 2.87. The molecule has 5 heteroatoms. The maximum absolute atomic E-state index is 11.3. The van der Waals surface area contributed by atoms with Crippen molar-refractivity contribution < 1.29 is 14.6 Å². The third-order valence-corrected chi connectivity index (χ3v) is 3.17. The first-order valence-corrected chi connectivity index (χ1v) is 6.97. The lowest BCUT2D eigenvalue weighted by atomic mass is 10.2. The molecule has 2 aromatic carbocycles. The number of aliphatic hydroxyl groups excluding tert-OH is 1. The molecule has 0 heterocycles. The fourth-order valence-electron chi connectivity index (χ4n) is 1.70. The van der Waals surface area contributed by atoms with Crippen LogP contribution in [0.2, 0.25) is 5.02 Å². The molecule has 0 saturated carbocycles. The van der Waals surface area contributed by atoms with Gasteiger partial charge in [0.1, 0.15) is 11.5 Å². The highest BCUT2D eigenvalue weighted by Crippen LogP contribution is 2.31. The van der Waals surface area contributed by atoms with Gasteiger partial charge in [-0.15, -0.1) is 0 Å². The summed E-state index contributed by atoms with van der Waals surface area (Å²) in [5.41, 5.74) is 1.45. The molecule has 0 aliphatic rings. The van der Waals surface area contributed by atoms with Gasteiger partial charge in [-0.05, 0) is 35.9 Å². The Kier molecular flexibility index (Phi) is 5.20. The van der Waals surface area contributed by atoms with Crippen LogP contribution in [0, 0.1) is 0 Å². The Morgan fingerprint density at radius 3 is 2.52 bits per heavy atom. The van der Waals surface area contributed by atoms with Gasteiger partial charge in [-0.25, -0.2) is 0 Å². The zero-order valence-corrected chi connectivity index (χ0v) is 12.4. The van der Waals surface area contributed by atoms with E-state index in [-0.39, 0.29) is 12.5 Å². The minimum atomic E-state index is -0.0701. The van der Waals surface area contributed by atoms with Gasteiger partial charge in [0.2, 0.25) is 5.91 Å². The average Bonchev–Trinajstić information content (AvgIpc) is 2.50. The van der Waals surface area contributed by atoms with Crippen molar-refractivity contribution in [1.82, 2.24) is 0 Å². The van der Waals surface area contributed by atoms with Crippen molar-refractivity contribution in [3.05, 3.63) is 53.1 Å². The minimum Gasteiger partial charge on any atom is -0.456 e. The molecule has 0 atom stereocenters. The van der Waals surface area contributed by atoms with Gasteiger partial charge < -0.3 is 15.2 Å². The van der Waals surface area contributed by atoms with E-state index in [9.17, 15) is 4.79 Å². The molecular formula is C16H16ClNO3. The van der Waals surface area contributed by atoms with Crippen LogP contribution < -0.4 is 10.1 Å². The number of amides is 1. The Morgan fingerprint density at radius 1 is 1.24 bits per heavy atom. The Balaban J connectivity index is 2.11. The summed E-state index contributed by atoms with van der Waals surface area (Å²) in [5.74, 6) is 1.06. The van der Waals surface area contributed by atoms with Gasteiger partial charge in [0.25, 0.3) is 0 Å². The van der Waals surface area contributed by atoms with Gasteiger partial charge in [-0.2, -0.15) is 0 Å². The van der Waals surface area contributed by atoms with Crippen molar-refractivity contribution in [2.24, 2.45) is 0 Å². The van der Waals surface area contributed by atoms with Crippen LogP contribution in [0.1, 0.15) is 18.9 Å². The number of aliphatic hydroxyl groups is 1. The number of nitrogens with one attached hydrogen (secondary N) is 1. The third kappa shape index (κ3) is 4.21. The van der Waals surface area contributed by atoms with Crippen LogP contribution in [0.3, 0.4) is 0 Å². The van der Waals surface area contributed by atoms with Gasteiger partial charge in [0.05, 0.1) is 11.6 Å². The number of carbonyl (C=O) groups excluding carboxylic acids is 1. The van der Waals surface area contributed by atoms with E-state index < -0.39 is 0 Å². The summed E-state index contributed by atoms with van der Waals surface area (Å²) in [6.45, 7) is 1.78. The summed E-state index contributed by atoms with van der Waals surface area (Å²) < 4.78 is 5.67. The summed E-state index contributed by atoms with van der Waals surface area (Å²) in [5, 5.41) is 12.1. The highest BCUT2D eigenvalue weighted by Gasteiger charge is 2.06. The highest BCUT2D eigenvalue weighted by molar-refractivity contribution is 6.32. The smallest absolute Gasteiger partial charge is 0.224 e. The second-order valence-electron chi connectivity index (χ2n) is 4.45. The van der Waals surface area contributed by atoms with Gasteiger partial charge in [0, 0.05) is 12.1 Å². The van der Waals surface area contributed by atoms with Crippen LogP contribution in [-0.2, 0) is 11.4 Å². The summed E-state index contributed by atoms with van der Waals surface area (Å²) >= 11 is 6.15. The van der Waals surface area contributed by atoms with E-state index in [1.165, 1.54) is 0 Å². The Morgan fingerprint density at radius 2 is 1.95 bits per heavy atom. The molecule has 1 amide bonds. The maximum atomic E-state index is 11.3. The second-order valence-corrected chi connectivity index (χ2v) is 4.86. The van der Waals surface area contributed by atoms with Gasteiger partial charge >= 0.3 is 0 Å². The SMILES string of the molecule is CCC(=O)Nc1ccc(Oc2ccc(CO)cc2)c(Cl)c1. The molecule has 0 aliphatic carbocycles. The van der Waals surface area contributed by atoms with Crippen molar-refractivity contribution in [2.45, 2.75) is 20.0 Å². The van der Waals surface area contributed by atoms with E-state index in [2.05, 4.69) is 5.32 Å². The lowest BCUT2D eigenvalue weighted by Gasteiger charge is -2.10. The van der Waals surface area contributed by atoms with Crippen molar-refractivity contribution >= 4 is 23.2 Å². The monoisotopic (exact) mass is 305 g/mol. The summed E-state index contributed by atoms with van der Waals surface area (Å²) in [4.78, 5) is 11.3. The molecule has 21 heavy (non-hydrogen) atoms. The van der Waals surface area contributed by atoms with Gasteiger partial charge in [-0.1, -0.05) is 30.7 Å². The van der Waals surface area contributed by atoms with E-state index in [1.807, 2.05) is 0 Å². The average molecular weight is 306 g/mol. The number of ether oxygens (including phenoxy) is 1. The van der Waals surface area contributed by atoms with Crippen LogP contribution in [0.5, 0.6) is 11.5 Å².